The van der Waals surface area contributed by atoms with E-state index in [1.54, 1.807) is 6.07 Å². The Kier molecular flexibility index (Phi) is 4.47. The fourth-order valence-electron chi connectivity index (χ4n) is 2.20. The lowest BCUT2D eigenvalue weighted by Gasteiger charge is -2.14. The van der Waals surface area contributed by atoms with Crippen molar-refractivity contribution < 1.29 is 9.53 Å². The standard InChI is InChI=1S/C17H25N3O2/c1-17(2,3)16(21)14-9-11-8-12(22-7-6-20(4)5)10-13(18)15(11)19-14/h8-10,19H,6-7,18H2,1-5H3. The molecule has 5 heteroatoms. The zero-order valence-electron chi connectivity index (χ0n) is 14.0. The molecule has 0 radical (unpaired) electrons. The number of carbonyl (C=O) groups is 1. The van der Waals surface area contributed by atoms with Gasteiger partial charge in [-0.15, -0.1) is 0 Å². The minimum atomic E-state index is -0.430. The van der Waals surface area contributed by atoms with Crippen LogP contribution in [0.1, 0.15) is 31.3 Å². The van der Waals surface area contributed by atoms with Gasteiger partial charge in [0.25, 0.3) is 0 Å². The number of carbonyl (C=O) groups excluding carboxylic acids is 1. The molecule has 0 saturated heterocycles. The SMILES string of the molecule is CN(C)CCOc1cc(N)c2[nH]c(C(=O)C(C)(C)C)cc2c1. The second-order valence-electron chi connectivity index (χ2n) is 6.89. The molecule has 1 aromatic heterocycles. The second kappa shape index (κ2) is 6.01. The van der Waals surface area contributed by atoms with Crippen LogP contribution in [-0.4, -0.2) is 42.9 Å². The molecule has 0 fully saturated rings. The first-order valence-electron chi connectivity index (χ1n) is 7.43. The molecule has 0 unspecified atom stereocenters. The van der Waals surface area contributed by atoms with E-state index in [1.807, 2.05) is 47.0 Å². The average Bonchev–Trinajstić information content (AvgIpc) is 2.80. The largest absolute Gasteiger partial charge is 0.492 e. The molecule has 0 amide bonds. The number of anilines is 1. The van der Waals surface area contributed by atoms with Crippen LogP contribution < -0.4 is 10.5 Å². The minimum absolute atomic E-state index is 0.0678. The summed E-state index contributed by atoms with van der Waals surface area (Å²) in [6, 6.07) is 5.55. The third-order valence-electron chi connectivity index (χ3n) is 3.47. The summed E-state index contributed by atoms with van der Waals surface area (Å²) in [7, 11) is 3.99. The molecule has 0 aliphatic rings. The van der Waals surface area contributed by atoms with Crippen molar-refractivity contribution in [3.8, 4) is 5.75 Å². The van der Waals surface area contributed by atoms with Crippen molar-refractivity contribution in [1.29, 1.82) is 0 Å². The fourth-order valence-corrected chi connectivity index (χ4v) is 2.20. The highest BCUT2D eigenvalue weighted by Gasteiger charge is 2.24. The third-order valence-corrected chi connectivity index (χ3v) is 3.47. The first-order valence-corrected chi connectivity index (χ1v) is 7.43. The third kappa shape index (κ3) is 3.60. The number of nitrogens with two attached hydrogens (primary N) is 1. The Morgan fingerprint density at radius 2 is 1.95 bits per heavy atom. The van der Waals surface area contributed by atoms with Crippen molar-refractivity contribution in [3.05, 3.63) is 23.9 Å². The lowest BCUT2D eigenvalue weighted by Crippen LogP contribution is -2.20. The van der Waals surface area contributed by atoms with Crippen LogP contribution in [0.15, 0.2) is 18.2 Å². The summed E-state index contributed by atoms with van der Waals surface area (Å²) in [5, 5.41) is 0.896. The highest BCUT2D eigenvalue weighted by molar-refractivity contribution is 6.04. The van der Waals surface area contributed by atoms with Gasteiger partial charge in [0.05, 0.1) is 16.9 Å². The number of likely N-dealkylation sites (N-methyl/N-ethyl adjacent to an activating group) is 1. The molecule has 0 aliphatic heterocycles. The van der Waals surface area contributed by atoms with Gasteiger partial charge in [0, 0.05) is 23.4 Å². The summed E-state index contributed by atoms with van der Waals surface area (Å²) in [6.45, 7) is 7.13. The summed E-state index contributed by atoms with van der Waals surface area (Å²) >= 11 is 0. The van der Waals surface area contributed by atoms with E-state index < -0.39 is 5.41 Å². The maximum absolute atomic E-state index is 12.4. The van der Waals surface area contributed by atoms with Crippen molar-refractivity contribution in [2.24, 2.45) is 5.41 Å². The molecule has 0 aliphatic carbocycles. The van der Waals surface area contributed by atoms with Crippen LogP contribution >= 0.6 is 0 Å². The van der Waals surface area contributed by atoms with E-state index in [9.17, 15) is 4.79 Å². The Morgan fingerprint density at radius 3 is 2.55 bits per heavy atom. The summed E-state index contributed by atoms with van der Waals surface area (Å²) in [5.74, 6) is 0.791. The molecule has 0 bridgehead atoms. The van der Waals surface area contributed by atoms with Crippen molar-refractivity contribution in [2.75, 3.05) is 33.0 Å². The van der Waals surface area contributed by atoms with Gasteiger partial charge in [0.2, 0.25) is 0 Å². The number of H-pyrrole nitrogens is 1. The fraction of sp³-hybridized carbons (Fsp3) is 0.471. The highest BCUT2D eigenvalue weighted by Crippen LogP contribution is 2.30. The first kappa shape index (κ1) is 16.4. The number of nitrogens with one attached hydrogen (secondary N) is 1. The number of hydrogen-bond acceptors (Lipinski definition) is 4. The number of Topliss-reactive ketones (excluding diaryl/α,β-unsaturated/α-hetero) is 1. The second-order valence-corrected chi connectivity index (χ2v) is 6.89. The Bertz CT molecular complexity index is 681. The number of aromatic amines is 1. The number of ether oxygens (including phenoxy) is 1. The van der Waals surface area contributed by atoms with Gasteiger partial charge < -0.3 is 20.4 Å². The smallest absolute Gasteiger partial charge is 0.184 e. The van der Waals surface area contributed by atoms with E-state index in [2.05, 4.69) is 9.88 Å². The van der Waals surface area contributed by atoms with Crippen LogP contribution in [0.25, 0.3) is 10.9 Å². The number of benzene rings is 1. The van der Waals surface area contributed by atoms with Crippen LogP contribution in [0.3, 0.4) is 0 Å². The van der Waals surface area contributed by atoms with Crippen molar-refractivity contribution in [3.63, 3.8) is 0 Å². The maximum Gasteiger partial charge on any atom is 0.184 e. The number of fused-ring (bicyclic) bond motifs is 1. The minimum Gasteiger partial charge on any atom is -0.492 e. The Labute approximate surface area is 131 Å². The lowest BCUT2D eigenvalue weighted by molar-refractivity contribution is 0.0854. The molecular formula is C17H25N3O2. The summed E-state index contributed by atoms with van der Waals surface area (Å²) < 4.78 is 5.72. The van der Waals surface area contributed by atoms with Gasteiger partial charge in [-0.3, -0.25) is 4.79 Å². The average molecular weight is 303 g/mol. The van der Waals surface area contributed by atoms with E-state index in [4.69, 9.17) is 10.5 Å². The van der Waals surface area contributed by atoms with E-state index in [1.165, 1.54) is 0 Å². The van der Waals surface area contributed by atoms with Crippen LogP contribution in [0.4, 0.5) is 5.69 Å². The number of rotatable bonds is 5. The first-order chi connectivity index (χ1) is 10.2. The van der Waals surface area contributed by atoms with Crippen molar-refractivity contribution in [2.45, 2.75) is 20.8 Å². The number of ketones is 1. The van der Waals surface area contributed by atoms with E-state index in [0.717, 1.165) is 23.2 Å². The molecule has 2 rings (SSSR count). The molecule has 120 valence electrons. The summed E-state index contributed by atoms with van der Waals surface area (Å²) in [4.78, 5) is 17.6. The van der Waals surface area contributed by atoms with Crippen molar-refractivity contribution >= 4 is 22.4 Å². The molecule has 0 atom stereocenters. The number of nitrogens with zero attached hydrogens (tertiary/aromatic N) is 1. The molecule has 0 spiro atoms. The molecule has 5 nitrogen and oxygen atoms in total. The predicted octanol–water partition coefficient (Wildman–Crippen LogP) is 2.92. The molecule has 1 aromatic carbocycles. The number of aromatic nitrogens is 1. The Hall–Kier alpha value is -2.01. The summed E-state index contributed by atoms with van der Waals surface area (Å²) in [6.07, 6.45) is 0. The van der Waals surface area contributed by atoms with Crippen LogP contribution in [-0.2, 0) is 0 Å². The predicted molar refractivity (Wildman–Crippen MR) is 90.5 cm³/mol. The molecule has 2 aromatic rings. The van der Waals surface area contributed by atoms with E-state index >= 15 is 0 Å². The van der Waals surface area contributed by atoms with Gasteiger partial charge in [-0.05, 0) is 26.2 Å². The molecule has 22 heavy (non-hydrogen) atoms. The lowest BCUT2D eigenvalue weighted by atomic mass is 9.89. The van der Waals surface area contributed by atoms with Gasteiger partial charge in [-0.25, -0.2) is 0 Å². The quantitative estimate of drug-likeness (QED) is 0.658. The monoisotopic (exact) mass is 303 g/mol. The normalized spacial score (nSPS) is 12.1. The maximum atomic E-state index is 12.4. The van der Waals surface area contributed by atoms with Crippen molar-refractivity contribution in [1.82, 2.24) is 9.88 Å². The number of hydrogen-bond donors (Lipinski definition) is 2. The highest BCUT2D eigenvalue weighted by atomic mass is 16.5. The molecular weight excluding hydrogens is 278 g/mol. The zero-order chi connectivity index (χ0) is 16.5. The van der Waals surface area contributed by atoms with Crippen LogP contribution in [0.5, 0.6) is 5.75 Å². The van der Waals surface area contributed by atoms with Gasteiger partial charge in [0.15, 0.2) is 5.78 Å². The Balaban J connectivity index is 2.29. The van der Waals surface area contributed by atoms with E-state index in [-0.39, 0.29) is 5.78 Å². The van der Waals surface area contributed by atoms with Gasteiger partial charge >= 0.3 is 0 Å². The van der Waals surface area contributed by atoms with Crippen LogP contribution in [0.2, 0.25) is 0 Å². The zero-order valence-corrected chi connectivity index (χ0v) is 14.0. The van der Waals surface area contributed by atoms with Gasteiger partial charge in [-0.2, -0.15) is 0 Å². The molecule has 0 saturated carbocycles. The molecule has 1 heterocycles. The van der Waals surface area contributed by atoms with E-state index in [0.29, 0.717) is 18.0 Å². The number of nitrogen functional groups attached to an aromatic ring is 1. The molecule has 3 N–H and O–H groups in total. The summed E-state index contributed by atoms with van der Waals surface area (Å²) in [5.41, 5.74) is 7.60. The van der Waals surface area contributed by atoms with Gasteiger partial charge in [-0.1, -0.05) is 20.8 Å². The van der Waals surface area contributed by atoms with Gasteiger partial charge in [0.1, 0.15) is 12.4 Å². The van der Waals surface area contributed by atoms with Crippen LogP contribution in [0, 0.1) is 5.41 Å². The Morgan fingerprint density at radius 1 is 1.27 bits per heavy atom. The topological polar surface area (TPSA) is 71.3 Å².